The number of carbonyl (C=O) groups excluding carboxylic acids is 1. The van der Waals surface area contributed by atoms with E-state index in [-0.39, 0.29) is 29.2 Å². The number of sulfone groups is 1. The number of nitrogens with zero attached hydrogens (tertiary/aromatic N) is 5. The number of rotatable bonds is 8. The van der Waals surface area contributed by atoms with Crippen LogP contribution in [-0.4, -0.2) is 62.7 Å². The zero-order valence-electron chi connectivity index (χ0n) is 16.1. The molecule has 0 N–H and O–H groups in total. The van der Waals surface area contributed by atoms with Gasteiger partial charge in [-0.1, -0.05) is 48.2 Å². The molecule has 8 nitrogen and oxygen atoms in total. The molecule has 0 unspecified atom stereocenters. The maximum Gasteiger partial charge on any atom is 0.233 e. The van der Waals surface area contributed by atoms with Crippen LogP contribution < -0.4 is 0 Å². The van der Waals surface area contributed by atoms with Gasteiger partial charge in [0.1, 0.15) is 0 Å². The van der Waals surface area contributed by atoms with Gasteiger partial charge in [-0.2, -0.15) is 0 Å². The highest BCUT2D eigenvalue weighted by molar-refractivity contribution is 7.99. The quantitative estimate of drug-likeness (QED) is 0.472. The molecule has 2 aromatic heterocycles. The molecular weight excluding hydrogens is 442 g/mol. The largest absolute Gasteiger partial charge is 0.334 e. The Bertz CT molecular complexity index is 1080. The third kappa shape index (κ3) is 5.27. The molecular formula is C19H21N5O3S3. The van der Waals surface area contributed by atoms with Crippen molar-refractivity contribution in [2.75, 3.05) is 17.3 Å². The zero-order chi connectivity index (χ0) is 21.0. The van der Waals surface area contributed by atoms with E-state index in [9.17, 15) is 13.2 Å². The van der Waals surface area contributed by atoms with Crippen LogP contribution in [0.5, 0.6) is 0 Å². The molecule has 1 aliphatic rings. The van der Waals surface area contributed by atoms with E-state index in [1.165, 1.54) is 11.8 Å². The molecule has 3 heterocycles. The third-order valence-electron chi connectivity index (χ3n) is 4.87. The lowest BCUT2D eigenvalue weighted by Gasteiger charge is -2.28. The summed E-state index contributed by atoms with van der Waals surface area (Å²) in [6.45, 7) is 0.941. The fourth-order valence-electron chi connectivity index (χ4n) is 3.38. The molecule has 1 fully saturated rings. The van der Waals surface area contributed by atoms with Gasteiger partial charge in [-0.3, -0.25) is 4.79 Å². The molecule has 0 aliphatic carbocycles. The summed E-state index contributed by atoms with van der Waals surface area (Å²) in [7, 11) is -3.10. The van der Waals surface area contributed by atoms with Crippen LogP contribution in [0.3, 0.4) is 0 Å². The zero-order valence-corrected chi connectivity index (χ0v) is 18.6. The van der Waals surface area contributed by atoms with Crippen molar-refractivity contribution >= 4 is 38.8 Å². The summed E-state index contributed by atoms with van der Waals surface area (Å²) < 4.78 is 25.7. The Labute approximate surface area is 183 Å². The van der Waals surface area contributed by atoms with E-state index in [0.717, 1.165) is 10.4 Å². The summed E-state index contributed by atoms with van der Waals surface area (Å²) in [6, 6.07) is 13.3. The highest BCUT2D eigenvalue weighted by atomic mass is 32.2. The molecule has 11 heteroatoms. The molecule has 1 aliphatic heterocycles. The van der Waals surface area contributed by atoms with E-state index in [1.54, 1.807) is 20.9 Å². The van der Waals surface area contributed by atoms with Crippen LogP contribution in [0.25, 0.3) is 0 Å². The fourth-order valence-corrected chi connectivity index (χ4v) is 6.56. The molecule has 3 aromatic rings. The molecule has 1 atom stereocenters. The van der Waals surface area contributed by atoms with E-state index in [4.69, 9.17) is 0 Å². The van der Waals surface area contributed by atoms with Crippen molar-refractivity contribution in [3.63, 3.8) is 0 Å². The number of amides is 1. The highest BCUT2D eigenvalue weighted by Gasteiger charge is 2.34. The Hall–Kier alpha value is -2.24. The molecule has 1 amide bonds. The summed E-state index contributed by atoms with van der Waals surface area (Å²) in [5.74, 6) is 0.180. The van der Waals surface area contributed by atoms with E-state index in [1.807, 2.05) is 47.8 Å². The van der Waals surface area contributed by atoms with E-state index < -0.39 is 9.84 Å². The van der Waals surface area contributed by atoms with Crippen molar-refractivity contribution in [3.05, 3.63) is 58.3 Å². The summed E-state index contributed by atoms with van der Waals surface area (Å²) in [5, 5.41) is 14.3. The SMILES string of the molecule is O=C(CSc1nnnn1Cc1cccs1)N(Cc1ccccc1)[C@H]1CCS(=O)(=O)C1. The molecule has 1 saturated heterocycles. The van der Waals surface area contributed by atoms with Crippen LogP contribution in [0, 0.1) is 0 Å². The van der Waals surface area contributed by atoms with Crippen molar-refractivity contribution < 1.29 is 13.2 Å². The summed E-state index contributed by atoms with van der Waals surface area (Å²) in [4.78, 5) is 15.9. The topological polar surface area (TPSA) is 98.1 Å². The molecule has 0 radical (unpaired) electrons. The smallest absolute Gasteiger partial charge is 0.233 e. The second-order valence-corrected chi connectivity index (χ2v) is 11.3. The number of benzene rings is 1. The maximum absolute atomic E-state index is 13.1. The van der Waals surface area contributed by atoms with Crippen molar-refractivity contribution in [2.45, 2.75) is 30.7 Å². The Morgan fingerprint density at radius 3 is 2.77 bits per heavy atom. The lowest BCUT2D eigenvalue weighted by molar-refractivity contribution is -0.130. The molecule has 158 valence electrons. The minimum atomic E-state index is -3.10. The number of hydrogen-bond acceptors (Lipinski definition) is 8. The number of thioether (sulfide) groups is 1. The first-order valence-electron chi connectivity index (χ1n) is 9.45. The first-order valence-corrected chi connectivity index (χ1v) is 13.1. The molecule has 0 saturated carbocycles. The van der Waals surface area contributed by atoms with Gasteiger partial charge in [0.15, 0.2) is 9.84 Å². The van der Waals surface area contributed by atoms with E-state index >= 15 is 0 Å². The van der Waals surface area contributed by atoms with E-state index in [0.29, 0.717) is 24.7 Å². The minimum Gasteiger partial charge on any atom is -0.334 e. The number of thiophene rings is 1. The van der Waals surface area contributed by atoms with Gasteiger partial charge in [-0.25, -0.2) is 13.1 Å². The predicted octanol–water partition coefficient (Wildman–Crippen LogP) is 2.09. The van der Waals surface area contributed by atoms with E-state index in [2.05, 4.69) is 15.5 Å². The van der Waals surface area contributed by atoms with Gasteiger partial charge in [0, 0.05) is 17.5 Å². The van der Waals surface area contributed by atoms with Gasteiger partial charge in [-0.15, -0.1) is 16.4 Å². The van der Waals surface area contributed by atoms with Gasteiger partial charge >= 0.3 is 0 Å². The van der Waals surface area contributed by atoms with Gasteiger partial charge in [0.25, 0.3) is 0 Å². The minimum absolute atomic E-state index is 0.0202. The average molecular weight is 464 g/mol. The van der Waals surface area contributed by atoms with Crippen molar-refractivity contribution in [2.24, 2.45) is 0 Å². The van der Waals surface area contributed by atoms with Crippen molar-refractivity contribution in [3.8, 4) is 0 Å². The maximum atomic E-state index is 13.1. The first-order chi connectivity index (χ1) is 14.5. The summed E-state index contributed by atoms with van der Waals surface area (Å²) >= 11 is 2.89. The lowest BCUT2D eigenvalue weighted by Crippen LogP contribution is -2.41. The second-order valence-electron chi connectivity index (χ2n) is 7.05. The predicted molar refractivity (Wildman–Crippen MR) is 116 cm³/mol. The molecule has 4 rings (SSSR count). The summed E-state index contributed by atoms with van der Waals surface area (Å²) in [5.41, 5.74) is 0.975. The monoisotopic (exact) mass is 463 g/mol. The standard InChI is InChI=1S/C19H21N5O3S3/c25-18(13-29-19-20-21-22-24(19)12-17-7-4-9-28-17)23(11-15-5-2-1-3-6-15)16-8-10-30(26,27)14-16/h1-7,9,16H,8,10-14H2/t16-/m0/s1. The van der Waals surface area contributed by atoms with Gasteiger partial charge in [-0.05, 0) is 33.9 Å². The first kappa shape index (κ1) is 21.0. The lowest BCUT2D eigenvalue weighted by atomic mass is 10.1. The Morgan fingerprint density at radius 2 is 2.07 bits per heavy atom. The number of carbonyl (C=O) groups is 1. The molecule has 0 spiro atoms. The Morgan fingerprint density at radius 1 is 1.23 bits per heavy atom. The van der Waals surface area contributed by atoms with Crippen LogP contribution in [0.15, 0.2) is 53.0 Å². The Kier molecular flexibility index (Phi) is 6.49. The van der Waals surface area contributed by atoms with Crippen molar-refractivity contribution in [1.82, 2.24) is 25.1 Å². The van der Waals surface area contributed by atoms with Gasteiger partial charge < -0.3 is 4.90 Å². The average Bonchev–Trinajstić information content (AvgIpc) is 3.47. The number of aromatic nitrogens is 4. The van der Waals surface area contributed by atoms with Gasteiger partial charge in [0.05, 0.1) is 23.8 Å². The molecule has 30 heavy (non-hydrogen) atoms. The number of hydrogen-bond donors (Lipinski definition) is 0. The normalized spacial score (nSPS) is 17.8. The second kappa shape index (κ2) is 9.27. The Balaban J connectivity index is 1.45. The number of tetrazole rings is 1. The van der Waals surface area contributed by atoms with Gasteiger partial charge in [0.2, 0.25) is 11.1 Å². The molecule has 0 bridgehead atoms. The summed E-state index contributed by atoms with van der Waals surface area (Å²) in [6.07, 6.45) is 0.474. The van der Waals surface area contributed by atoms with Crippen LogP contribution in [0.1, 0.15) is 16.9 Å². The fraction of sp³-hybridized carbons (Fsp3) is 0.368. The van der Waals surface area contributed by atoms with Crippen LogP contribution in [-0.2, 0) is 27.7 Å². The highest BCUT2D eigenvalue weighted by Crippen LogP contribution is 2.23. The third-order valence-corrected chi connectivity index (χ3v) is 8.43. The van der Waals surface area contributed by atoms with Crippen molar-refractivity contribution in [1.29, 1.82) is 0 Å². The van der Waals surface area contributed by atoms with Crippen LogP contribution >= 0.6 is 23.1 Å². The molecule has 1 aromatic carbocycles. The van der Waals surface area contributed by atoms with Crippen LogP contribution in [0.4, 0.5) is 0 Å². The van der Waals surface area contributed by atoms with Crippen LogP contribution in [0.2, 0.25) is 0 Å².